The van der Waals surface area contributed by atoms with Gasteiger partial charge in [0.1, 0.15) is 5.78 Å². The van der Waals surface area contributed by atoms with Crippen molar-refractivity contribution < 1.29 is 9.59 Å². The molecule has 0 radical (unpaired) electrons. The van der Waals surface area contributed by atoms with Gasteiger partial charge < -0.3 is 4.90 Å². The van der Waals surface area contributed by atoms with Crippen molar-refractivity contribution in [3.63, 3.8) is 0 Å². The second kappa shape index (κ2) is 6.35. The van der Waals surface area contributed by atoms with Crippen molar-refractivity contribution in [1.29, 1.82) is 0 Å². The van der Waals surface area contributed by atoms with Crippen molar-refractivity contribution in [2.75, 3.05) is 13.1 Å². The van der Waals surface area contributed by atoms with E-state index in [2.05, 4.69) is 13.8 Å². The van der Waals surface area contributed by atoms with Crippen LogP contribution in [-0.4, -0.2) is 29.7 Å². The summed E-state index contributed by atoms with van der Waals surface area (Å²) in [4.78, 5) is 26.0. The van der Waals surface area contributed by atoms with Gasteiger partial charge in [0.25, 0.3) is 0 Å². The Labute approximate surface area is 111 Å². The highest BCUT2D eigenvalue weighted by Crippen LogP contribution is 2.29. The molecule has 0 saturated carbocycles. The molecule has 1 aliphatic heterocycles. The van der Waals surface area contributed by atoms with Crippen LogP contribution >= 0.6 is 0 Å². The summed E-state index contributed by atoms with van der Waals surface area (Å²) in [6, 6.07) is 0. The first-order valence-electron chi connectivity index (χ1n) is 7.16. The number of Topliss-reactive ketones (excluding diaryl/α,β-unsaturated/α-hetero) is 1. The Bertz CT molecular complexity index is 302. The van der Waals surface area contributed by atoms with Crippen LogP contribution < -0.4 is 0 Å². The van der Waals surface area contributed by atoms with E-state index in [-0.39, 0.29) is 17.1 Å². The van der Waals surface area contributed by atoms with Crippen molar-refractivity contribution in [3.8, 4) is 0 Å². The van der Waals surface area contributed by atoms with Crippen molar-refractivity contribution in [3.05, 3.63) is 0 Å². The minimum atomic E-state index is -0.317. The third kappa shape index (κ3) is 3.82. The second-order valence-electron chi connectivity index (χ2n) is 6.24. The minimum absolute atomic E-state index is 0.155. The van der Waals surface area contributed by atoms with Gasteiger partial charge in [-0.2, -0.15) is 0 Å². The Hall–Kier alpha value is -0.860. The Morgan fingerprint density at radius 3 is 2.11 bits per heavy atom. The number of carbonyl (C=O) groups is 2. The van der Waals surface area contributed by atoms with E-state index in [4.69, 9.17) is 0 Å². The van der Waals surface area contributed by atoms with Gasteiger partial charge in [-0.1, -0.05) is 27.7 Å². The standard InChI is InChI=1S/C15H27NO2/c1-12(2)15(3,4)13(17)8-9-14(18)16-10-6-5-7-11-16/h12H,5-11H2,1-4H3. The molecule has 0 aromatic heterocycles. The lowest BCUT2D eigenvalue weighted by Crippen LogP contribution is -2.37. The first kappa shape index (κ1) is 15.2. The molecule has 1 aliphatic rings. The number of rotatable bonds is 5. The van der Waals surface area contributed by atoms with E-state index in [9.17, 15) is 9.59 Å². The molecular formula is C15H27NO2. The number of carbonyl (C=O) groups excluding carboxylic acids is 2. The van der Waals surface area contributed by atoms with Gasteiger partial charge in [0.05, 0.1) is 0 Å². The van der Waals surface area contributed by atoms with E-state index >= 15 is 0 Å². The van der Waals surface area contributed by atoms with Gasteiger partial charge in [0.2, 0.25) is 5.91 Å². The molecule has 0 aromatic rings. The normalized spacial score (nSPS) is 17.1. The van der Waals surface area contributed by atoms with Gasteiger partial charge in [-0.05, 0) is 25.2 Å². The fraction of sp³-hybridized carbons (Fsp3) is 0.867. The molecule has 1 heterocycles. The molecule has 0 aliphatic carbocycles. The quantitative estimate of drug-likeness (QED) is 0.755. The largest absolute Gasteiger partial charge is 0.343 e. The Morgan fingerprint density at radius 2 is 1.61 bits per heavy atom. The molecule has 0 atom stereocenters. The van der Waals surface area contributed by atoms with Crippen LogP contribution in [0.2, 0.25) is 0 Å². The number of hydrogen-bond donors (Lipinski definition) is 0. The Morgan fingerprint density at radius 1 is 1.06 bits per heavy atom. The lowest BCUT2D eigenvalue weighted by atomic mass is 9.76. The predicted molar refractivity (Wildman–Crippen MR) is 73.3 cm³/mol. The molecule has 104 valence electrons. The topological polar surface area (TPSA) is 37.4 Å². The molecule has 3 nitrogen and oxygen atoms in total. The lowest BCUT2D eigenvalue weighted by Gasteiger charge is -2.29. The van der Waals surface area contributed by atoms with Crippen LogP contribution in [-0.2, 0) is 9.59 Å². The number of ketones is 1. The average molecular weight is 253 g/mol. The minimum Gasteiger partial charge on any atom is -0.343 e. The predicted octanol–water partition coefficient (Wildman–Crippen LogP) is 3.03. The third-order valence-corrected chi connectivity index (χ3v) is 4.44. The van der Waals surface area contributed by atoms with Crippen molar-refractivity contribution in [2.24, 2.45) is 11.3 Å². The molecular weight excluding hydrogens is 226 g/mol. The highest BCUT2D eigenvalue weighted by molar-refractivity contribution is 5.88. The number of amides is 1. The molecule has 0 aromatic carbocycles. The maximum absolute atomic E-state index is 12.1. The summed E-state index contributed by atoms with van der Waals surface area (Å²) in [6.07, 6.45) is 4.22. The van der Waals surface area contributed by atoms with Crippen molar-refractivity contribution in [1.82, 2.24) is 4.90 Å². The first-order chi connectivity index (χ1) is 8.35. The molecule has 18 heavy (non-hydrogen) atoms. The van der Waals surface area contributed by atoms with Crippen LogP contribution in [0.3, 0.4) is 0 Å². The molecule has 1 amide bonds. The maximum Gasteiger partial charge on any atom is 0.223 e. The summed E-state index contributed by atoms with van der Waals surface area (Å²) in [5.74, 6) is 0.681. The molecule has 0 bridgehead atoms. The maximum atomic E-state index is 12.1. The molecule has 0 unspecified atom stereocenters. The van der Waals surface area contributed by atoms with Crippen LogP contribution in [0.15, 0.2) is 0 Å². The number of piperidine rings is 1. The molecule has 3 heteroatoms. The third-order valence-electron chi connectivity index (χ3n) is 4.44. The van der Waals surface area contributed by atoms with E-state index in [1.54, 1.807) is 0 Å². The zero-order valence-electron chi connectivity index (χ0n) is 12.3. The highest BCUT2D eigenvalue weighted by Gasteiger charge is 2.31. The second-order valence-corrected chi connectivity index (χ2v) is 6.24. The Kier molecular flexibility index (Phi) is 5.36. The van der Waals surface area contributed by atoms with Gasteiger partial charge in [0.15, 0.2) is 0 Å². The molecule has 1 fully saturated rings. The summed E-state index contributed by atoms with van der Waals surface area (Å²) in [7, 11) is 0. The van der Waals surface area contributed by atoms with Crippen molar-refractivity contribution in [2.45, 2.75) is 59.8 Å². The van der Waals surface area contributed by atoms with E-state index in [1.165, 1.54) is 6.42 Å². The first-order valence-corrected chi connectivity index (χ1v) is 7.16. The molecule has 0 N–H and O–H groups in total. The zero-order valence-corrected chi connectivity index (χ0v) is 12.3. The highest BCUT2D eigenvalue weighted by atomic mass is 16.2. The lowest BCUT2D eigenvalue weighted by molar-refractivity contribution is -0.136. The van der Waals surface area contributed by atoms with Gasteiger partial charge in [-0.25, -0.2) is 0 Å². The van der Waals surface area contributed by atoms with Gasteiger partial charge >= 0.3 is 0 Å². The Balaban J connectivity index is 2.40. The van der Waals surface area contributed by atoms with Gasteiger partial charge in [0, 0.05) is 31.3 Å². The van der Waals surface area contributed by atoms with Gasteiger partial charge in [-0.15, -0.1) is 0 Å². The van der Waals surface area contributed by atoms with Crippen molar-refractivity contribution >= 4 is 11.7 Å². The summed E-state index contributed by atoms with van der Waals surface area (Å²) >= 11 is 0. The summed E-state index contributed by atoms with van der Waals surface area (Å²) in [6.45, 7) is 9.83. The fourth-order valence-electron chi connectivity index (χ4n) is 2.17. The average Bonchev–Trinajstić information content (AvgIpc) is 2.36. The smallest absolute Gasteiger partial charge is 0.223 e. The molecule has 0 spiro atoms. The SMILES string of the molecule is CC(C)C(C)(C)C(=O)CCC(=O)N1CCCCC1. The zero-order chi connectivity index (χ0) is 13.8. The van der Waals surface area contributed by atoms with E-state index < -0.39 is 0 Å². The van der Waals surface area contributed by atoms with Crippen LogP contribution in [0.1, 0.15) is 59.8 Å². The molecule has 1 rings (SSSR count). The van der Waals surface area contributed by atoms with E-state index in [0.717, 1.165) is 25.9 Å². The van der Waals surface area contributed by atoms with Crippen LogP contribution in [0.25, 0.3) is 0 Å². The summed E-state index contributed by atoms with van der Waals surface area (Å²) in [5, 5.41) is 0. The summed E-state index contributed by atoms with van der Waals surface area (Å²) in [5.41, 5.74) is -0.317. The van der Waals surface area contributed by atoms with E-state index in [0.29, 0.717) is 18.8 Å². The monoisotopic (exact) mass is 253 g/mol. The molecule has 1 saturated heterocycles. The summed E-state index contributed by atoms with van der Waals surface area (Å²) < 4.78 is 0. The van der Waals surface area contributed by atoms with Crippen LogP contribution in [0.5, 0.6) is 0 Å². The van der Waals surface area contributed by atoms with Crippen LogP contribution in [0.4, 0.5) is 0 Å². The van der Waals surface area contributed by atoms with E-state index in [1.807, 2.05) is 18.7 Å². The number of hydrogen-bond acceptors (Lipinski definition) is 2. The fourth-order valence-corrected chi connectivity index (χ4v) is 2.17. The van der Waals surface area contributed by atoms with Crippen LogP contribution in [0, 0.1) is 11.3 Å². The van der Waals surface area contributed by atoms with Gasteiger partial charge in [-0.3, -0.25) is 9.59 Å². The number of likely N-dealkylation sites (tertiary alicyclic amines) is 1. The number of nitrogens with zero attached hydrogens (tertiary/aromatic N) is 1.